The van der Waals surface area contributed by atoms with Crippen molar-refractivity contribution in [2.24, 2.45) is 0 Å². The second-order valence-corrected chi connectivity index (χ2v) is 3.91. The van der Waals surface area contributed by atoms with Crippen LogP contribution >= 0.6 is 37.9 Å². The van der Waals surface area contributed by atoms with Crippen molar-refractivity contribution in [3.05, 3.63) is 29.3 Å². The second-order valence-electron chi connectivity index (χ2n) is 2.83. The Labute approximate surface area is 101 Å². The Hall–Kier alpha value is 0.0700. The maximum Gasteiger partial charge on any atom is 0.123 e. The van der Waals surface area contributed by atoms with E-state index in [2.05, 4.69) is 44.0 Å². The maximum absolute atomic E-state index is 5.53. The minimum absolute atomic E-state index is 0.629. The Morgan fingerprint density at radius 3 is 2.43 bits per heavy atom. The van der Waals surface area contributed by atoms with Gasteiger partial charge in [-0.15, -0.1) is 0 Å². The summed E-state index contributed by atoms with van der Waals surface area (Å²) < 4.78 is 5.53. The zero-order chi connectivity index (χ0) is 10.4. The van der Waals surface area contributed by atoms with Crippen LogP contribution in [-0.4, -0.2) is 12.4 Å². The molecule has 0 aliphatic carbocycles. The first-order valence-corrected chi connectivity index (χ1v) is 6.28. The SMILES string of the molecule is SCCOc1ccc(CS)cc1CS. The third kappa shape index (κ3) is 3.33. The van der Waals surface area contributed by atoms with Crippen LogP contribution in [0, 0.1) is 0 Å². The molecule has 0 unspecified atom stereocenters. The van der Waals surface area contributed by atoms with Crippen LogP contribution in [0.4, 0.5) is 0 Å². The third-order valence-electron chi connectivity index (χ3n) is 1.83. The Kier molecular flexibility index (Phi) is 5.67. The third-order valence-corrected chi connectivity index (χ3v) is 2.72. The number of rotatable bonds is 5. The van der Waals surface area contributed by atoms with E-state index in [0.29, 0.717) is 12.4 Å². The van der Waals surface area contributed by atoms with Gasteiger partial charge in [-0.2, -0.15) is 37.9 Å². The Bertz CT molecular complexity index is 289. The van der Waals surface area contributed by atoms with E-state index in [9.17, 15) is 0 Å². The zero-order valence-electron chi connectivity index (χ0n) is 7.81. The van der Waals surface area contributed by atoms with E-state index in [4.69, 9.17) is 4.74 Å². The largest absolute Gasteiger partial charge is 0.492 e. The monoisotopic (exact) mass is 246 g/mol. The van der Waals surface area contributed by atoms with Crippen molar-refractivity contribution >= 4 is 37.9 Å². The number of thiol groups is 3. The molecule has 0 aromatic heterocycles. The van der Waals surface area contributed by atoms with Gasteiger partial charge in [-0.25, -0.2) is 0 Å². The molecule has 0 fully saturated rings. The zero-order valence-corrected chi connectivity index (χ0v) is 10.5. The first kappa shape index (κ1) is 12.1. The van der Waals surface area contributed by atoms with E-state index in [1.807, 2.05) is 12.1 Å². The van der Waals surface area contributed by atoms with E-state index in [1.54, 1.807) is 0 Å². The van der Waals surface area contributed by atoms with Crippen LogP contribution in [-0.2, 0) is 11.5 Å². The molecular weight excluding hydrogens is 232 g/mol. The van der Waals surface area contributed by atoms with Gasteiger partial charge in [0.2, 0.25) is 0 Å². The molecule has 0 saturated heterocycles. The van der Waals surface area contributed by atoms with Gasteiger partial charge in [0.1, 0.15) is 5.75 Å². The molecule has 0 saturated carbocycles. The van der Waals surface area contributed by atoms with Crippen molar-refractivity contribution in [1.82, 2.24) is 0 Å². The summed E-state index contributed by atoms with van der Waals surface area (Å²) in [5.41, 5.74) is 2.30. The van der Waals surface area contributed by atoms with E-state index in [1.165, 1.54) is 5.56 Å². The average Bonchev–Trinajstić information content (AvgIpc) is 2.26. The Balaban J connectivity index is 2.82. The second kappa shape index (κ2) is 6.53. The lowest BCUT2D eigenvalue weighted by molar-refractivity contribution is 0.341. The van der Waals surface area contributed by atoms with Gasteiger partial charge in [-0.3, -0.25) is 0 Å². The molecule has 0 aliphatic rings. The van der Waals surface area contributed by atoms with Crippen LogP contribution in [0.5, 0.6) is 5.75 Å². The first-order valence-electron chi connectivity index (χ1n) is 4.39. The number of ether oxygens (including phenoxy) is 1. The topological polar surface area (TPSA) is 9.23 Å². The molecule has 0 aliphatic heterocycles. The molecule has 1 rings (SSSR count). The van der Waals surface area contributed by atoms with Gasteiger partial charge in [-0.1, -0.05) is 12.1 Å². The first-order chi connectivity index (χ1) is 6.81. The molecule has 0 radical (unpaired) electrons. The summed E-state index contributed by atoms with van der Waals surface area (Å²) in [5, 5.41) is 0. The summed E-state index contributed by atoms with van der Waals surface area (Å²) in [5.74, 6) is 3.05. The van der Waals surface area contributed by atoms with Crippen molar-refractivity contribution in [2.75, 3.05) is 12.4 Å². The lowest BCUT2D eigenvalue weighted by Crippen LogP contribution is -2.00. The van der Waals surface area contributed by atoms with Crippen LogP contribution < -0.4 is 4.74 Å². The summed E-state index contributed by atoms with van der Waals surface area (Å²) in [6.45, 7) is 0.629. The lowest BCUT2D eigenvalue weighted by Gasteiger charge is -2.10. The van der Waals surface area contributed by atoms with Crippen LogP contribution in [0.15, 0.2) is 18.2 Å². The summed E-state index contributed by atoms with van der Waals surface area (Å²) in [6, 6.07) is 6.07. The molecule has 1 aromatic carbocycles. The molecule has 78 valence electrons. The fourth-order valence-corrected chi connectivity index (χ4v) is 1.69. The van der Waals surface area contributed by atoms with E-state index in [-0.39, 0.29) is 0 Å². The maximum atomic E-state index is 5.53. The molecule has 0 atom stereocenters. The molecule has 0 amide bonds. The minimum Gasteiger partial charge on any atom is -0.492 e. The van der Waals surface area contributed by atoms with Gasteiger partial charge in [0.15, 0.2) is 0 Å². The summed E-state index contributed by atoms with van der Waals surface area (Å²) in [7, 11) is 0. The standard InChI is InChI=1S/C10H14OS3/c12-4-3-11-10-2-1-8(6-13)5-9(10)7-14/h1-2,5,12-14H,3-4,6-7H2. The quantitative estimate of drug-likeness (QED) is 0.677. The molecule has 4 heteroatoms. The Morgan fingerprint density at radius 1 is 1.07 bits per heavy atom. The smallest absolute Gasteiger partial charge is 0.123 e. The highest BCUT2D eigenvalue weighted by Crippen LogP contribution is 2.22. The average molecular weight is 246 g/mol. The van der Waals surface area contributed by atoms with E-state index >= 15 is 0 Å². The summed E-state index contributed by atoms with van der Waals surface area (Å²) in [6.07, 6.45) is 0. The van der Waals surface area contributed by atoms with Crippen molar-refractivity contribution in [2.45, 2.75) is 11.5 Å². The van der Waals surface area contributed by atoms with Gasteiger partial charge >= 0.3 is 0 Å². The van der Waals surface area contributed by atoms with Crippen molar-refractivity contribution < 1.29 is 4.74 Å². The van der Waals surface area contributed by atoms with Crippen LogP contribution in [0.1, 0.15) is 11.1 Å². The van der Waals surface area contributed by atoms with Crippen LogP contribution in [0.25, 0.3) is 0 Å². The highest BCUT2D eigenvalue weighted by molar-refractivity contribution is 7.80. The van der Waals surface area contributed by atoms with Gasteiger partial charge in [0.05, 0.1) is 6.61 Å². The van der Waals surface area contributed by atoms with Gasteiger partial charge in [0, 0.05) is 22.8 Å². The normalized spacial score (nSPS) is 10.2. The predicted molar refractivity (Wildman–Crippen MR) is 71.2 cm³/mol. The van der Waals surface area contributed by atoms with Crippen molar-refractivity contribution in [1.29, 1.82) is 0 Å². The highest BCUT2D eigenvalue weighted by Gasteiger charge is 2.02. The van der Waals surface area contributed by atoms with E-state index < -0.39 is 0 Å². The molecule has 1 nitrogen and oxygen atoms in total. The molecule has 0 bridgehead atoms. The van der Waals surface area contributed by atoms with Gasteiger partial charge in [0.25, 0.3) is 0 Å². The number of hydrogen-bond acceptors (Lipinski definition) is 4. The Morgan fingerprint density at radius 2 is 1.86 bits per heavy atom. The number of benzene rings is 1. The summed E-state index contributed by atoms with van der Waals surface area (Å²) in [4.78, 5) is 0. The molecule has 14 heavy (non-hydrogen) atoms. The predicted octanol–water partition coefficient (Wildman–Crippen LogP) is 2.85. The fourth-order valence-electron chi connectivity index (χ4n) is 1.15. The van der Waals surface area contributed by atoms with Crippen molar-refractivity contribution in [3.8, 4) is 5.75 Å². The molecule has 0 heterocycles. The molecular formula is C10H14OS3. The molecule has 1 aromatic rings. The molecule has 0 spiro atoms. The summed E-state index contributed by atoms with van der Waals surface area (Å²) >= 11 is 12.6. The van der Waals surface area contributed by atoms with Crippen LogP contribution in [0.2, 0.25) is 0 Å². The van der Waals surface area contributed by atoms with Gasteiger partial charge < -0.3 is 4.74 Å². The van der Waals surface area contributed by atoms with Crippen molar-refractivity contribution in [3.63, 3.8) is 0 Å². The van der Waals surface area contributed by atoms with E-state index in [0.717, 1.165) is 22.8 Å². The number of hydrogen-bond donors (Lipinski definition) is 3. The minimum atomic E-state index is 0.629. The van der Waals surface area contributed by atoms with Gasteiger partial charge in [-0.05, 0) is 11.6 Å². The lowest BCUT2D eigenvalue weighted by atomic mass is 10.1. The van der Waals surface area contributed by atoms with Crippen LogP contribution in [0.3, 0.4) is 0 Å². The molecule has 0 N–H and O–H groups in total. The fraction of sp³-hybridized carbons (Fsp3) is 0.400. The highest BCUT2D eigenvalue weighted by atomic mass is 32.1.